The van der Waals surface area contributed by atoms with Crippen LogP contribution < -0.4 is 4.90 Å². The fourth-order valence-electron chi connectivity index (χ4n) is 3.99. The van der Waals surface area contributed by atoms with E-state index in [1.165, 1.54) is 6.33 Å². The van der Waals surface area contributed by atoms with Gasteiger partial charge >= 0.3 is 0 Å². The second kappa shape index (κ2) is 7.79. The van der Waals surface area contributed by atoms with Crippen molar-refractivity contribution in [2.75, 3.05) is 38.6 Å². The van der Waals surface area contributed by atoms with Crippen LogP contribution in [0.5, 0.6) is 0 Å². The second-order valence-electron chi connectivity index (χ2n) is 7.62. The van der Waals surface area contributed by atoms with Crippen molar-refractivity contribution < 1.29 is 4.79 Å². The Balaban J connectivity index is 1.86. The summed E-state index contributed by atoms with van der Waals surface area (Å²) in [7, 11) is 3.85. The molecule has 1 saturated heterocycles. The van der Waals surface area contributed by atoms with Gasteiger partial charge in [-0.3, -0.25) is 4.79 Å². The van der Waals surface area contributed by atoms with Gasteiger partial charge in [-0.1, -0.05) is 6.92 Å². The monoisotopic (exact) mass is 351 g/mol. The Bertz CT molecular complexity index is 842. The van der Waals surface area contributed by atoms with Crippen LogP contribution in [0.3, 0.4) is 0 Å². The maximum Gasteiger partial charge on any atom is 0.147 e. The van der Waals surface area contributed by atoms with Gasteiger partial charge in [-0.2, -0.15) is 5.26 Å². The van der Waals surface area contributed by atoms with Crippen LogP contribution in [-0.2, 0) is 4.79 Å². The summed E-state index contributed by atoms with van der Waals surface area (Å²) in [6.07, 6.45) is 4.95. The quantitative estimate of drug-likeness (QED) is 0.824. The third kappa shape index (κ3) is 4.00. The van der Waals surface area contributed by atoms with Gasteiger partial charge in [0.1, 0.15) is 18.2 Å². The van der Waals surface area contributed by atoms with Gasteiger partial charge in [-0.15, -0.1) is 0 Å². The lowest BCUT2D eigenvalue weighted by Crippen LogP contribution is -2.41. The number of aromatic nitrogens is 2. The zero-order chi connectivity index (χ0) is 18.7. The van der Waals surface area contributed by atoms with Gasteiger partial charge in [0.05, 0.1) is 17.6 Å². The third-order valence-electron chi connectivity index (χ3n) is 4.87. The number of piperidine rings is 1. The predicted octanol–water partition coefficient (Wildman–Crippen LogP) is 2.48. The van der Waals surface area contributed by atoms with E-state index in [0.717, 1.165) is 30.6 Å². The number of nitriles is 1. The van der Waals surface area contributed by atoms with Crippen molar-refractivity contribution in [1.82, 2.24) is 14.9 Å². The molecule has 6 nitrogen and oxygen atoms in total. The molecule has 26 heavy (non-hydrogen) atoms. The minimum Gasteiger partial charge on any atom is -0.370 e. The summed E-state index contributed by atoms with van der Waals surface area (Å²) in [5.74, 6) is 1.15. The van der Waals surface area contributed by atoms with Crippen LogP contribution >= 0.6 is 0 Å². The van der Waals surface area contributed by atoms with Gasteiger partial charge in [0.25, 0.3) is 0 Å². The molecule has 0 spiro atoms. The van der Waals surface area contributed by atoms with Gasteiger partial charge in [0.15, 0.2) is 0 Å². The summed E-state index contributed by atoms with van der Waals surface area (Å²) in [6.45, 7) is 4.52. The molecule has 2 heterocycles. The summed E-state index contributed by atoms with van der Waals surface area (Å²) in [4.78, 5) is 25.0. The minimum atomic E-state index is 0.294. The first-order valence-corrected chi connectivity index (χ1v) is 9.02. The number of Topliss-reactive ketones (excluding diaryl/α,β-unsaturated/α-hetero) is 1. The molecule has 6 heteroatoms. The van der Waals surface area contributed by atoms with Gasteiger partial charge in [0, 0.05) is 36.8 Å². The highest BCUT2D eigenvalue weighted by molar-refractivity contribution is 5.94. The first-order chi connectivity index (χ1) is 12.5. The molecule has 2 atom stereocenters. The highest BCUT2D eigenvalue weighted by Crippen LogP contribution is 2.33. The van der Waals surface area contributed by atoms with E-state index in [1.807, 2.05) is 31.1 Å². The molecule has 0 unspecified atom stereocenters. The molecule has 0 bridgehead atoms. The fraction of sp³-hybridized carbons (Fsp3) is 0.500. The van der Waals surface area contributed by atoms with Gasteiger partial charge < -0.3 is 9.80 Å². The number of carbonyl (C=O) groups is 1. The summed E-state index contributed by atoms with van der Waals surface area (Å²) in [6, 6.07) is 6.02. The van der Waals surface area contributed by atoms with Crippen molar-refractivity contribution in [2.45, 2.75) is 19.8 Å². The number of ketones is 1. The van der Waals surface area contributed by atoms with E-state index in [1.54, 1.807) is 6.20 Å². The van der Waals surface area contributed by atoms with E-state index < -0.39 is 0 Å². The van der Waals surface area contributed by atoms with E-state index in [0.29, 0.717) is 41.7 Å². The molecule has 0 saturated carbocycles. The van der Waals surface area contributed by atoms with Crippen molar-refractivity contribution >= 4 is 22.4 Å². The first kappa shape index (κ1) is 18.3. The predicted molar refractivity (Wildman–Crippen MR) is 102 cm³/mol. The van der Waals surface area contributed by atoms with Crippen molar-refractivity contribution in [3.05, 3.63) is 30.2 Å². The molecule has 3 rings (SSSR count). The highest BCUT2D eigenvalue weighted by Gasteiger charge is 2.28. The molecule has 0 amide bonds. The zero-order valence-corrected chi connectivity index (χ0v) is 15.6. The smallest absolute Gasteiger partial charge is 0.147 e. The molecule has 2 aromatic rings. The summed E-state index contributed by atoms with van der Waals surface area (Å²) < 4.78 is 0. The minimum absolute atomic E-state index is 0.294. The fourth-order valence-corrected chi connectivity index (χ4v) is 3.99. The van der Waals surface area contributed by atoms with Crippen LogP contribution in [0.1, 0.15) is 25.3 Å². The van der Waals surface area contributed by atoms with Crippen LogP contribution in [0.2, 0.25) is 0 Å². The van der Waals surface area contributed by atoms with Crippen LogP contribution in [0.4, 0.5) is 5.69 Å². The summed E-state index contributed by atoms with van der Waals surface area (Å²) in [5, 5.41) is 10.2. The number of fused-ring (bicyclic) bond motifs is 1. The third-order valence-corrected chi connectivity index (χ3v) is 4.87. The first-order valence-electron chi connectivity index (χ1n) is 9.02. The second-order valence-corrected chi connectivity index (χ2v) is 7.62. The number of anilines is 1. The van der Waals surface area contributed by atoms with Gasteiger partial charge in [-0.05, 0) is 44.5 Å². The van der Waals surface area contributed by atoms with Crippen molar-refractivity contribution in [1.29, 1.82) is 5.26 Å². The number of rotatable bonds is 5. The topological polar surface area (TPSA) is 73.1 Å². The average Bonchev–Trinajstić information content (AvgIpc) is 2.59. The molecule has 0 radical (unpaired) electrons. The van der Waals surface area contributed by atoms with Gasteiger partial charge in [-0.25, -0.2) is 9.97 Å². The summed E-state index contributed by atoms with van der Waals surface area (Å²) in [5.41, 5.74) is 2.31. The maximum atomic E-state index is 12.3. The van der Waals surface area contributed by atoms with Crippen LogP contribution in [-0.4, -0.2) is 54.4 Å². The zero-order valence-electron chi connectivity index (χ0n) is 15.6. The van der Waals surface area contributed by atoms with E-state index in [2.05, 4.69) is 27.9 Å². The van der Waals surface area contributed by atoms with E-state index in [9.17, 15) is 10.1 Å². The highest BCUT2D eigenvalue weighted by atomic mass is 16.1. The number of likely N-dealkylation sites (N-methyl/N-ethyl adjacent to an activating group) is 1. The Kier molecular flexibility index (Phi) is 5.48. The molecular weight excluding hydrogens is 326 g/mol. The molecule has 136 valence electrons. The van der Waals surface area contributed by atoms with Crippen molar-refractivity contribution in [3.63, 3.8) is 0 Å². The van der Waals surface area contributed by atoms with Crippen molar-refractivity contribution in [2.24, 2.45) is 11.8 Å². The summed E-state index contributed by atoms with van der Waals surface area (Å²) >= 11 is 0. The van der Waals surface area contributed by atoms with E-state index >= 15 is 0 Å². The molecule has 0 aliphatic carbocycles. The molecule has 1 aromatic carbocycles. The molecule has 0 N–H and O–H groups in total. The number of hydrogen-bond donors (Lipinski definition) is 0. The van der Waals surface area contributed by atoms with Crippen LogP contribution in [0.25, 0.3) is 10.9 Å². The Morgan fingerprint density at radius 1 is 1.38 bits per heavy atom. The average molecular weight is 351 g/mol. The standard InChI is InChI=1S/C20H25N5O/c1-14-6-15(7-17(26)12-24(2)3)11-25(10-14)19-5-4-16(8-21)20-18(19)9-22-13-23-20/h4-5,9,13-15H,6-7,10-12H2,1-3H3/t14-,15-/m0/s1. The van der Waals surface area contributed by atoms with E-state index in [-0.39, 0.29) is 0 Å². The number of hydrogen-bond acceptors (Lipinski definition) is 6. The van der Waals surface area contributed by atoms with Crippen LogP contribution in [0, 0.1) is 23.2 Å². The molecule has 1 aliphatic rings. The lowest BCUT2D eigenvalue weighted by Gasteiger charge is -2.38. The number of benzene rings is 1. The maximum absolute atomic E-state index is 12.3. The normalized spacial score (nSPS) is 20.3. The largest absolute Gasteiger partial charge is 0.370 e. The Morgan fingerprint density at radius 2 is 2.19 bits per heavy atom. The Morgan fingerprint density at radius 3 is 2.92 bits per heavy atom. The lowest BCUT2D eigenvalue weighted by molar-refractivity contribution is -0.120. The number of nitrogens with zero attached hydrogens (tertiary/aromatic N) is 5. The Hall–Kier alpha value is -2.52. The number of carbonyl (C=O) groups excluding carboxylic acids is 1. The van der Waals surface area contributed by atoms with Gasteiger partial charge in [0.2, 0.25) is 0 Å². The Labute approximate surface area is 154 Å². The van der Waals surface area contributed by atoms with Crippen LogP contribution in [0.15, 0.2) is 24.7 Å². The SMILES string of the molecule is C[C@H]1C[C@@H](CC(=O)CN(C)C)CN(c2ccc(C#N)c3ncncc23)C1. The molecule has 1 fully saturated rings. The molecule has 1 aromatic heterocycles. The molecule has 1 aliphatic heterocycles. The van der Waals surface area contributed by atoms with Crippen molar-refractivity contribution in [3.8, 4) is 6.07 Å². The molecular formula is C20H25N5O. The van der Waals surface area contributed by atoms with E-state index in [4.69, 9.17) is 0 Å². The lowest BCUT2D eigenvalue weighted by atomic mass is 9.86.